The first-order chi connectivity index (χ1) is 15.7. The molecule has 0 aliphatic heterocycles. The van der Waals surface area contributed by atoms with Crippen LogP contribution in [-0.4, -0.2) is 32.7 Å². The van der Waals surface area contributed by atoms with Crippen molar-refractivity contribution in [3.05, 3.63) is 84.9 Å². The molecule has 0 fully saturated rings. The summed E-state index contributed by atoms with van der Waals surface area (Å²) in [7, 11) is 0. The molecule has 0 aliphatic carbocycles. The Morgan fingerprint density at radius 1 is 0.906 bits per heavy atom. The number of tetrazole rings is 1. The van der Waals surface area contributed by atoms with E-state index >= 15 is 0 Å². The Bertz CT molecular complexity index is 1090. The average molecular weight is 428 g/mol. The molecule has 0 bridgehead atoms. The topological polar surface area (TPSA) is 73.1 Å². The van der Waals surface area contributed by atoms with Crippen molar-refractivity contribution in [2.45, 2.75) is 26.3 Å². The van der Waals surface area contributed by atoms with E-state index in [-0.39, 0.29) is 12.5 Å². The van der Waals surface area contributed by atoms with Crippen molar-refractivity contribution < 1.29 is 9.53 Å². The van der Waals surface area contributed by atoms with Gasteiger partial charge >= 0.3 is 0 Å². The van der Waals surface area contributed by atoms with Gasteiger partial charge in [0.1, 0.15) is 12.3 Å². The lowest BCUT2D eigenvalue weighted by Crippen LogP contribution is -2.30. The van der Waals surface area contributed by atoms with Crippen molar-refractivity contribution in [2.24, 2.45) is 0 Å². The van der Waals surface area contributed by atoms with Crippen LogP contribution < -0.4 is 9.64 Å². The summed E-state index contributed by atoms with van der Waals surface area (Å²) in [6.07, 6.45) is 2.12. The second-order valence-corrected chi connectivity index (χ2v) is 7.27. The molecule has 0 unspecified atom stereocenters. The highest BCUT2D eigenvalue weighted by Gasteiger charge is 2.19. The number of para-hydroxylation sites is 2. The van der Waals surface area contributed by atoms with Crippen molar-refractivity contribution >= 4 is 17.3 Å². The minimum atomic E-state index is -0.161. The summed E-state index contributed by atoms with van der Waals surface area (Å²) >= 11 is 0. The van der Waals surface area contributed by atoms with E-state index in [9.17, 15) is 4.79 Å². The predicted octanol–water partition coefficient (Wildman–Crippen LogP) is 4.88. The first kappa shape index (κ1) is 21.2. The standard InChI is InChI=1S/C25H25N5O2/c1-2-3-18-32-23-16-14-20(15-17-23)25-26-28-29(27-25)19-24(31)30(21-10-6-4-7-11-21)22-12-8-5-9-13-22/h4-17H,2-3,18-19H2,1H3. The predicted molar refractivity (Wildman–Crippen MR) is 124 cm³/mol. The Morgan fingerprint density at radius 3 is 2.12 bits per heavy atom. The lowest BCUT2D eigenvalue weighted by Gasteiger charge is -2.22. The maximum absolute atomic E-state index is 13.2. The Morgan fingerprint density at radius 2 is 1.53 bits per heavy atom. The monoisotopic (exact) mass is 427 g/mol. The molecule has 32 heavy (non-hydrogen) atoms. The van der Waals surface area contributed by atoms with Gasteiger partial charge in [0.15, 0.2) is 0 Å². The molecule has 0 saturated heterocycles. The third kappa shape index (κ3) is 5.18. The van der Waals surface area contributed by atoms with Crippen molar-refractivity contribution in [1.29, 1.82) is 0 Å². The molecular formula is C25H25N5O2. The van der Waals surface area contributed by atoms with Gasteiger partial charge in [-0.3, -0.25) is 9.69 Å². The zero-order valence-corrected chi connectivity index (χ0v) is 18.0. The molecule has 0 saturated carbocycles. The van der Waals surface area contributed by atoms with E-state index in [2.05, 4.69) is 22.3 Å². The summed E-state index contributed by atoms with van der Waals surface area (Å²) in [5, 5.41) is 12.6. The Labute approximate surface area is 187 Å². The maximum atomic E-state index is 13.2. The van der Waals surface area contributed by atoms with Crippen molar-refractivity contribution in [3.63, 3.8) is 0 Å². The summed E-state index contributed by atoms with van der Waals surface area (Å²) in [6, 6.07) is 26.6. The molecule has 0 spiro atoms. The van der Waals surface area contributed by atoms with Crippen molar-refractivity contribution in [2.75, 3.05) is 11.5 Å². The molecule has 0 aliphatic rings. The van der Waals surface area contributed by atoms with Gasteiger partial charge in [-0.25, -0.2) is 0 Å². The number of nitrogens with zero attached hydrogens (tertiary/aromatic N) is 5. The van der Waals surface area contributed by atoms with Crippen LogP contribution in [0.2, 0.25) is 0 Å². The van der Waals surface area contributed by atoms with E-state index < -0.39 is 0 Å². The first-order valence-corrected chi connectivity index (χ1v) is 10.7. The van der Waals surface area contributed by atoms with Gasteiger partial charge in [-0.05, 0) is 60.2 Å². The molecule has 0 N–H and O–H groups in total. The van der Waals surface area contributed by atoms with Crippen LogP contribution in [0.25, 0.3) is 11.4 Å². The third-order valence-corrected chi connectivity index (χ3v) is 4.89. The molecule has 3 aromatic carbocycles. The van der Waals surface area contributed by atoms with Gasteiger partial charge in [0.2, 0.25) is 5.82 Å². The number of aromatic nitrogens is 4. The van der Waals surface area contributed by atoms with Crippen LogP contribution in [0.3, 0.4) is 0 Å². The zero-order chi connectivity index (χ0) is 22.2. The van der Waals surface area contributed by atoms with Gasteiger partial charge < -0.3 is 4.74 Å². The van der Waals surface area contributed by atoms with Gasteiger partial charge in [-0.2, -0.15) is 4.80 Å². The van der Waals surface area contributed by atoms with Crippen LogP contribution in [0, 0.1) is 0 Å². The highest BCUT2D eigenvalue weighted by atomic mass is 16.5. The van der Waals surface area contributed by atoms with Crippen LogP contribution >= 0.6 is 0 Å². The number of rotatable bonds is 9. The number of carbonyl (C=O) groups is 1. The van der Waals surface area contributed by atoms with Gasteiger partial charge in [0, 0.05) is 16.9 Å². The number of hydrogen-bond donors (Lipinski definition) is 0. The quantitative estimate of drug-likeness (QED) is 0.356. The Hall–Kier alpha value is -4.00. The normalized spacial score (nSPS) is 10.7. The summed E-state index contributed by atoms with van der Waals surface area (Å²) in [5.74, 6) is 1.11. The van der Waals surface area contributed by atoms with E-state index in [0.29, 0.717) is 12.4 Å². The molecule has 4 aromatic rings. The van der Waals surface area contributed by atoms with Gasteiger partial charge in [-0.1, -0.05) is 49.7 Å². The van der Waals surface area contributed by atoms with Crippen LogP contribution in [0.15, 0.2) is 84.9 Å². The molecule has 0 atom stereocenters. The lowest BCUT2D eigenvalue weighted by atomic mass is 10.2. The van der Waals surface area contributed by atoms with Crippen molar-refractivity contribution in [3.8, 4) is 17.1 Å². The Balaban J connectivity index is 1.49. The van der Waals surface area contributed by atoms with Gasteiger partial charge in [0.25, 0.3) is 5.91 Å². The zero-order valence-electron chi connectivity index (χ0n) is 18.0. The molecule has 162 valence electrons. The first-order valence-electron chi connectivity index (χ1n) is 10.7. The van der Waals surface area contributed by atoms with E-state index in [1.807, 2.05) is 84.9 Å². The number of anilines is 2. The highest BCUT2D eigenvalue weighted by Crippen LogP contribution is 2.25. The SMILES string of the molecule is CCCCOc1ccc(-c2nnn(CC(=O)N(c3ccccc3)c3ccccc3)n2)cc1. The second kappa shape index (κ2) is 10.3. The summed E-state index contributed by atoms with van der Waals surface area (Å²) in [5.41, 5.74) is 2.37. The van der Waals surface area contributed by atoms with Crippen LogP contribution in [0.5, 0.6) is 5.75 Å². The molecule has 1 aromatic heterocycles. The largest absolute Gasteiger partial charge is 0.494 e. The maximum Gasteiger partial charge on any atom is 0.255 e. The number of benzene rings is 3. The minimum Gasteiger partial charge on any atom is -0.494 e. The molecule has 7 nitrogen and oxygen atoms in total. The van der Waals surface area contributed by atoms with Crippen LogP contribution in [0.1, 0.15) is 19.8 Å². The molecule has 7 heteroatoms. The van der Waals surface area contributed by atoms with Crippen LogP contribution in [0.4, 0.5) is 11.4 Å². The lowest BCUT2D eigenvalue weighted by molar-refractivity contribution is -0.118. The number of hydrogen-bond acceptors (Lipinski definition) is 5. The molecular weight excluding hydrogens is 402 g/mol. The van der Waals surface area contributed by atoms with Crippen molar-refractivity contribution in [1.82, 2.24) is 20.2 Å². The number of unbranched alkanes of at least 4 members (excludes halogenated alkanes) is 1. The fourth-order valence-corrected chi connectivity index (χ4v) is 3.24. The van der Waals surface area contributed by atoms with E-state index in [1.54, 1.807) is 4.90 Å². The average Bonchev–Trinajstić information content (AvgIpc) is 3.30. The van der Waals surface area contributed by atoms with Crippen LogP contribution in [-0.2, 0) is 11.3 Å². The fraction of sp³-hybridized carbons (Fsp3) is 0.200. The second-order valence-electron chi connectivity index (χ2n) is 7.27. The van der Waals surface area contributed by atoms with E-state index in [4.69, 9.17) is 4.74 Å². The number of amides is 1. The molecule has 4 rings (SSSR count). The summed E-state index contributed by atoms with van der Waals surface area (Å²) in [4.78, 5) is 16.2. The number of carbonyl (C=O) groups excluding carboxylic acids is 1. The van der Waals surface area contributed by atoms with Gasteiger partial charge in [-0.15, -0.1) is 10.2 Å². The third-order valence-electron chi connectivity index (χ3n) is 4.89. The van der Waals surface area contributed by atoms with E-state index in [0.717, 1.165) is 35.5 Å². The summed E-state index contributed by atoms with van der Waals surface area (Å²) in [6.45, 7) is 2.80. The molecule has 1 heterocycles. The Kier molecular flexibility index (Phi) is 6.87. The number of ether oxygens (including phenoxy) is 1. The van der Waals surface area contributed by atoms with E-state index in [1.165, 1.54) is 4.80 Å². The molecule has 1 amide bonds. The highest BCUT2D eigenvalue weighted by molar-refractivity contribution is 6.00. The van der Waals surface area contributed by atoms with Gasteiger partial charge in [0.05, 0.1) is 6.61 Å². The summed E-state index contributed by atoms with van der Waals surface area (Å²) < 4.78 is 5.69. The molecule has 0 radical (unpaired) electrons. The smallest absolute Gasteiger partial charge is 0.255 e. The fourth-order valence-electron chi connectivity index (χ4n) is 3.24. The minimum absolute atomic E-state index is 0.0327.